The molecule has 1 unspecified atom stereocenters. The average Bonchev–Trinajstić information content (AvgIpc) is 2.95. The van der Waals surface area contributed by atoms with E-state index in [9.17, 15) is 4.79 Å². The summed E-state index contributed by atoms with van der Waals surface area (Å²) in [6, 6.07) is 0.0807. The number of carboxylic acid groups (broad SMARTS) is 1. The minimum atomic E-state index is -0.930. The van der Waals surface area contributed by atoms with Gasteiger partial charge in [-0.25, -0.2) is 14.8 Å². The molecule has 0 radical (unpaired) electrons. The smallest absolute Gasteiger partial charge is 0.347 e. The highest BCUT2D eigenvalue weighted by molar-refractivity contribution is 7.17. The van der Waals surface area contributed by atoms with E-state index >= 15 is 0 Å². The van der Waals surface area contributed by atoms with E-state index in [2.05, 4.69) is 22.2 Å². The van der Waals surface area contributed by atoms with Gasteiger partial charge in [0.1, 0.15) is 9.88 Å². The molecule has 5 nitrogen and oxygen atoms in total. The lowest BCUT2D eigenvalue weighted by Gasteiger charge is -2.12. The summed E-state index contributed by atoms with van der Waals surface area (Å²) in [5, 5.41) is 15.8. The van der Waals surface area contributed by atoms with E-state index in [0.29, 0.717) is 10.8 Å². The van der Waals surface area contributed by atoms with Crippen LogP contribution < -0.4 is 5.32 Å². The van der Waals surface area contributed by atoms with Gasteiger partial charge in [0.05, 0.1) is 11.7 Å². The Hall–Kier alpha value is -1.47. The van der Waals surface area contributed by atoms with Crippen molar-refractivity contribution >= 4 is 33.8 Å². The van der Waals surface area contributed by atoms with E-state index in [1.165, 1.54) is 0 Å². The molecule has 2 rings (SSSR count). The fourth-order valence-electron chi connectivity index (χ4n) is 1.55. The van der Waals surface area contributed by atoms with Crippen LogP contribution >= 0.6 is 22.7 Å². The van der Waals surface area contributed by atoms with Crippen LogP contribution in [-0.2, 0) is 0 Å². The summed E-state index contributed by atoms with van der Waals surface area (Å²) in [4.78, 5) is 19.7. The van der Waals surface area contributed by atoms with Crippen LogP contribution in [0.3, 0.4) is 0 Å². The highest BCUT2D eigenvalue weighted by Gasteiger charge is 2.17. The van der Waals surface area contributed by atoms with E-state index in [4.69, 9.17) is 5.11 Å². The lowest BCUT2D eigenvalue weighted by molar-refractivity contribution is 0.0701. The number of hydrogen-bond donors (Lipinski definition) is 2. The van der Waals surface area contributed by atoms with Crippen LogP contribution in [0.1, 0.15) is 39.8 Å². The highest BCUT2D eigenvalue weighted by atomic mass is 32.1. The van der Waals surface area contributed by atoms with Gasteiger partial charge in [-0.15, -0.1) is 11.3 Å². The number of anilines is 1. The standard InChI is InChI=1S/C11H13N3O2S2/c1-3-7(9-12-4-5-17-9)14-11-13-6(2)8(18-11)10(15)16/h4-5,7H,3H2,1-2H3,(H,13,14)(H,15,16). The fraction of sp³-hybridized carbons (Fsp3) is 0.364. The first kappa shape index (κ1) is 13.0. The quantitative estimate of drug-likeness (QED) is 0.881. The minimum absolute atomic E-state index is 0.0807. The molecule has 96 valence electrons. The van der Waals surface area contributed by atoms with Crippen LogP contribution in [-0.4, -0.2) is 21.0 Å². The molecular formula is C11H13N3O2S2. The zero-order chi connectivity index (χ0) is 13.1. The second kappa shape index (κ2) is 5.45. The Kier molecular flexibility index (Phi) is 3.93. The first-order valence-electron chi connectivity index (χ1n) is 5.48. The van der Waals surface area contributed by atoms with Gasteiger partial charge in [0.15, 0.2) is 5.13 Å². The third-order valence-electron chi connectivity index (χ3n) is 2.45. The Morgan fingerprint density at radius 2 is 2.39 bits per heavy atom. The van der Waals surface area contributed by atoms with E-state index < -0.39 is 5.97 Å². The zero-order valence-corrected chi connectivity index (χ0v) is 11.6. The Balaban J connectivity index is 2.18. The van der Waals surface area contributed by atoms with E-state index in [0.717, 1.165) is 22.8 Å². The van der Waals surface area contributed by atoms with Crippen molar-refractivity contribution in [2.45, 2.75) is 26.3 Å². The maximum atomic E-state index is 11.0. The number of aryl methyl sites for hydroxylation is 1. The molecule has 0 spiro atoms. The second-order valence-electron chi connectivity index (χ2n) is 3.71. The van der Waals surface area contributed by atoms with Gasteiger partial charge < -0.3 is 10.4 Å². The molecule has 0 fully saturated rings. The van der Waals surface area contributed by atoms with Crippen molar-refractivity contribution in [2.75, 3.05) is 5.32 Å². The topological polar surface area (TPSA) is 75.1 Å². The van der Waals surface area contributed by atoms with Crippen LogP contribution in [0.2, 0.25) is 0 Å². The maximum Gasteiger partial charge on any atom is 0.347 e. The molecule has 0 amide bonds. The summed E-state index contributed by atoms with van der Waals surface area (Å²) in [6.07, 6.45) is 2.63. The normalized spacial score (nSPS) is 12.3. The number of nitrogens with zero attached hydrogens (tertiary/aromatic N) is 2. The van der Waals surface area contributed by atoms with Gasteiger partial charge in [-0.3, -0.25) is 0 Å². The molecule has 2 heterocycles. The molecule has 0 saturated carbocycles. The number of carbonyl (C=O) groups is 1. The van der Waals surface area contributed by atoms with Crippen LogP contribution in [0.25, 0.3) is 0 Å². The molecule has 2 aromatic rings. The summed E-state index contributed by atoms with van der Waals surface area (Å²) in [5.74, 6) is -0.930. The molecule has 0 saturated heterocycles. The van der Waals surface area contributed by atoms with E-state index in [1.807, 2.05) is 5.38 Å². The maximum absolute atomic E-state index is 11.0. The molecule has 1 atom stereocenters. The Morgan fingerprint density at radius 3 is 2.89 bits per heavy atom. The molecular weight excluding hydrogens is 270 g/mol. The van der Waals surface area contributed by atoms with Crippen molar-refractivity contribution in [2.24, 2.45) is 0 Å². The predicted octanol–water partition coefficient (Wildman–Crippen LogP) is 3.17. The summed E-state index contributed by atoms with van der Waals surface area (Å²) < 4.78 is 0. The Bertz CT molecular complexity index is 536. The summed E-state index contributed by atoms with van der Waals surface area (Å²) in [6.45, 7) is 3.76. The largest absolute Gasteiger partial charge is 0.477 e. The fourth-order valence-corrected chi connectivity index (χ4v) is 3.18. The highest BCUT2D eigenvalue weighted by Crippen LogP contribution is 2.28. The minimum Gasteiger partial charge on any atom is -0.477 e. The molecule has 7 heteroatoms. The number of nitrogens with one attached hydrogen (secondary N) is 1. The first-order valence-corrected chi connectivity index (χ1v) is 7.18. The van der Waals surface area contributed by atoms with Gasteiger partial charge in [-0.05, 0) is 13.3 Å². The lowest BCUT2D eigenvalue weighted by Crippen LogP contribution is -2.08. The van der Waals surface area contributed by atoms with Gasteiger partial charge in [-0.2, -0.15) is 0 Å². The number of hydrogen-bond acceptors (Lipinski definition) is 6. The van der Waals surface area contributed by atoms with Crippen molar-refractivity contribution in [1.82, 2.24) is 9.97 Å². The molecule has 0 aliphatic carbocycles. The number of aromatic carboxylic acids is 1. The number of rotatable bonds is 5. The molecule has 0 aliphatic heterocycles. The second-order valence-corrected chi connectivity index (χ2v) is 5.64. The monoisotopic (exact) mass is 283 g/mol. The van der Waals surface area contributed by atoms with Crippen LogP contribution in [0.5, 0.6) is 0 Å². The Morgan fingerprint density at radius 1 is 1.61 bits per heavy atom. The van der Waals surface area contributed by atoms with Crippen LogP contribution in [0, 0.1) is 6.92 Å². The van der Waals surface area contributed by atoms with Crippen molar-refractivity contribution in [3.05, 3.63) is 27.2 Å². The lowest BCUT2D eigenvalue weighted by atomic mass is 10.2. The van der Waals surface area contributed by atoms with Gasteiger partial charge in [0.2, 0.25) is 0 Å². The van der Waals surface area contributed by atoms with E-state index in [-0.39, 0.29) is 10.9 Å². The number of thiazole rings is 2. The third kappa shape index (κ3) is 2.68. The van der Waals surface area contributed by atoms with Gasteiger partial charge in [0, 0.05) is 11.6 Å². The van der Waals surface area contributed by atoms with Crippen molar-refractivity contribution in [3.8, 4) is 0 Å². The molecule has 0 aliphatic rings. The SMILES string of the molecule is CCC(Nc1nc(C)c(C(=O)O)s1)c1nccs1. The van der Waals surface area contributed by atoms with Gasteiger partial charge in [-0.1, -0.05) is 18.3 Å². The summed E-state index contributed by atoms with van der Waals surface area (Å²) in [5.41, 5.74) is 0.545. The predicted molar refractivity (Wildman–Crippen MR) is 72.6 cm³/mol. The van der Waals surface area contributed by atoms with Gasteiger partial charge >= 0.3 is 5.97 Å². The first-order chi connectivity index (χ1) is 8.61. The molecule has 0 bridgehead atoms. The van der Waals surface area contributed by atoms with Crippen LogP contribution in [0.4, 0.5) is 5.13 Å². The molecule has 2 aromatic heterocycles. The van der Waals surface area contributed by atoms with Gasteiger partial charge in [0.25, 0.3) is 0 Å². The number of aromatic nitrogens is 2. The van der Waals surface area contributed by atoms with Crippen LogP contribution in [0.15, 0.2) is 11.6 Å². The number of carboxylic acids is 1. The third-order valence-corrected chi connectivity index (χ3v) is 4.41. The zero-order valence-electron chi connectivity index (χ0n) is 10.0. The van der Waals surface area contributed by atoms with E-state index in [1.54, 1.807) is 24.5 Å². The summed E-state index contributed by atoms with van der Waals surface area (Å²) >= 11 is 2.74. The summed E-state index contributed by atoms with van der Waals surface area (Å²) in [7, 11) is 0. The Labute approximate surface area is 113 Å². The average molecular weight is 283 g/mol. The van der Waals surface area contributed by atoms with Crippen molar-refractivity contribution in [3.63, 3.8) is 0 Å². The molecule has 0 aromatic carbocycles. The van der Waals surface area contributed by atoms with Crippen molar-refractivity contribution < 1.29 is 9.90 Å². The van der Waals surface area contributed by atoms with Crippen molar-refractivity contribution in [1.29, 1.82) is 0 Å². The molecule has 2 N–H and O–H groups in total. The molecule has 18 heavy (non-hydrogen) atoms.